The lowest BCUT2D eigenvalue weighted by molar-refractivity contribution is 0.122. The number of nitrogens with zero attached hydrogens (tertiary/aromatic N) is 4. The molecule has 8 nitrogen and oxygen atoms in total. The molecule has 7 rings (SSSR count). The van der Waals surface area contributed by atoms with Gasteiger partial charge in [-0.15, -0.1) is 0 Å². The Kier molecular flexibility index (Phi) is 6.94. The number of morpholine rings is 1. The zero-order valence-corrected chi connectivity index (χ0v) is 24.9. The van der Waals surface area contributed by atoms with Crippen LogP contribution < -0.4 is 29.3 Å². The lowest BCUT2D eigenvalue weighted by atomic mass is 9.83. The van der Waals surface area contributed by atoms with Gasteiger partial charge < -0.3 is 19.1 Å². The van der Waals surface area contributed by atoms with Gasteiger partial charge in [-0.25, -0.2) is 9.98 Å². The molecule has 0 spiro atoms. The maximum Gasteiger partial charge on any atom is 0.271 e. The van der Waals surface area contributed by atoms with Crippen LogP contribution in [0.1, 0.15) is 34.0 Å². The maximum absolute atomic E-state index is 14.2. The fraction of sp³-hybridized carbons (Fsp3) is 0.300. The summed E-state index contributed by atoms with van der Waals surface area (Å²) in [6.07, 6.45) is 3.51. The van der Waals surface area contributed by atoms with Crippen LogP contribution in [0.2, 0.25) is 5.15 Å². The van der Waals surface area contributed by atoms with E-state index in [-0.39, 0.29) is 11.6 Å². The third-order valence-electron chi connectivity index (χ3n) is 7.74. The van der Waals surface area contributed by atoms with E-state index < -0.39 is 0 Å². The minimum atomic E-state index is -0.386. The van der Waals surface area contributed by atoms with Gasteiger partial charge in [-0.05, 0) is 36.1 Å². The smallest absolute Gasteiger partial charge is 0.271 e. The van der Waals surface area contributed by atoms with Crippen molar-refractivity contribution < 1.29 is 14.2 Å². The van der Waals surface area contributed by atoms with Gasteiger partial charge in [0, 0.05) is 24.2 Å². The zero-order valence-electron chi connectivity index (χ0n) is 22.6. The van der Waals surface area contributed by atoms with Crippen LogP contribution in [0.5, 0.6) is 11.5 Å². The van der Waals surface area contributed by atoms with Gasteiger partial charge in [0.2, 0.25) is 0 Å². The average molecular weight is 607 g/mol. The molecule has 2 aromatic carbocycles. The molecule has 0 saturated carbocycles. The van der Waals surface area contributed by atoms with Crippen LogP contribution in [0.3, 0.4) is 0 Å². The first-order valence-corrected chi connectivity index (χ1v) is 15.4. The van der Waals surface area contributed by atoms with Crippen molar-refractivity contribution in [2.24, 2.45) is 4.99 Å². The van der Waals surface area contributed by atoms with Crippen LogP contribution in [-0.4, -0.2) is 50.1 Å². The molecule has 2 aliphatic heterocycles. The van der Waals surface area contributed by atoms with Gasteiger partial charge in [0.25, 0.3) is 5.56 Å². The number of hydrogen-bond acceptors (Lipinski definition) is 9. The van der Waals surface area contributed by atoms with Crippen molar-refractivity contribution in [1.29, 1.82) is 0 Å². The molecule has 1 fully saturated rings. The van der Waals surface area contributed by atoms with E-state index in [0.717, 1.165) is 58.3 Å². The number of allylic oxidation sites excluding steroid dienone is 1. The molecule has 1 saturated heterocycles. The van der Waals surface area contributed by atoms with E-state index in [4.69, 9.17) is 30.8 Å². The second-order valence-electron chi connectivity index (χ2n) is 9.95. The molecular weight excluding hydrogens is 580 g/mol. The Hall–Kier alpha value is -3.44. The molecule has 2 aromatic heterocycles. The Bertz CT molecular complexity index is 1870. The summed E-state index contributed by atoms with van der Waals surface area (Å²) in [5.41, 5.74) is 5.15. The van der Waals surface area contributed by atoms with E-state index >= 15 is 0 Å². The number of anilines is 1. The van der Waals surface area contributed by atoms with E-state index in [2.05, 4.69) is 28.1 Å². The standard InChI is InChI=1S/C30H27ClN4O4S2/c1-37-21-9-5-8-20(26(21)38-2)25-19-11-10-17-6-3-4-7-18(17)24(19)32-30-35(25)28(36)23(41-30)16-22-27(31)33-29(40-22)34-12-14-39-15-13-34/h3-9,16,25H,10-15H2,1-2H3/b23-16-. The molecule has 4 heterocycles. The van der Waals surface area contributed by atoms with E-state index in [1.165, 1.54) is 28.2 Å². The molecule has 1 unspecified atom stereocenters. The van der Waals surface area contributed by atoms with Crippen LogP contribution in [0, 0.1) is 0 Å². The van der Waals surface area contributed by atoms with Crippen LogP contribution >= 0.6 is 34.3 Å². The van der Waals surface area contributed by atoms with Gasteiger partial charge in [-0.1, -0.05) is 70.7 Å². The summed E-state index contributed by atoms with van der Waals surface area (Å²) in [4.78, 5) is 27.5. The van der Waals surface area contributed by atoms with Gasteiger partial charge in [-0.3, -0.25) is 9.36 Å². The molecule has 0 N–H and O–H groups in total. The third-order valence-corrected chi connectivity index (χ3v) is 10.2. The van der Waals surface area contributed by atoms with Crippen molar-refractivity contribution in [2.45, 2.75) is 18.9 Å². The highest BCUT2D eigenvalue weighted by molar-refractivity contribution is 7.17. The fourth-order valence-electron chi connectivity index (χ4n) is 5.83. The molecule has 1 aliphatic carbocycles. The first kappa shape index (κ1) is 26.5. The van der Waals surface area contributed by atoms with Crippen LogP contribution in [-0.2, 0) is 11.2 Å². The van der Waals surface area contributed by atoms with Crippen LogP contribution in [0.15, 0.2) is 57.8 Å². The highest BCUT2D eigenvalue weighted by Crippen LogP contribution is 2.45. The second-order valence-corrected chi connectivity index (χ2v) is 12.3. The number of rotatable bonds is 5. The first-order valence-electron chi connectivity index (χ1n) is 13.4. The minimum absolute atomic E-state index is 0.119. The molecule has 41 heavy (non-hydrogen) atoms. The number of aryl methyl sites for hydroxylation is 1. The van der Waals surface area contributed by atoms with Crippen LogP contribution in [0.25, 0.3) is 11.8 Å². The third kappa shape index (κ3) is 4.50. The second kappa shape index (κ2) is 10.8. The number of benzene rings is 2. The number of methoxy groups -OCH3 is 2. The molecule has 3 aliphatic rings. The topological polar surface area (TPSA) is 78.2 Å². The number of para-hydroxylation sites is 1. The van der Waals surface area contributed by atoms with E-state index in [1.807, 2.05) is 30.3 Å². The quantitative estimate of drug-likeness (QED) is 0.338. The van der Waals surface area contributed by atoms with E-state index in [1.54, 1.807) is 18.8 Å². The predicted molar refractivity (Wildman–Crippen MR) is 162 cm³/mol. The zero-order chi connectivity index (χ0) is 28.1. The summed E-state index contributed by atoms with van der Waals surface area (Å²) < 4.78 is 19.3. The van der Waals surface area contributed by atoms with Gasteiger partial charge in [-0.2, -0.15) is 0 Å². The SMILES string of the molecule is COc1cccc(C2C3=C(N=c4s/c(=C\c5sc(N6CCOCC6)nc5Cl)c(=O)n42)c2ccccc2CC3)c1OC. The number of fused-ring (bicyclic) bond motifs is 3. The minimum Gasteiger partial charge on any atom is -0.493 e. The molecule has 11 heteroatoms. The highest BCUT2D eigenvalue weighted by Gasteiger charge is 2.35. The van der Waals surface area contributed by atoms with E-state index in [0.29, 0.717) is 39.2 Å². The largest absolute Gasteiger partial charge is 0.493 e. The van der Waals surface area contributed by atoms with Gasteiger partial charge >= 0.3 is 0 Å². The predicted octanol–water partition coefficient (Wildman–Crippen LogP) is 4.28. The number of thiazole rings is 2. The van der Waals surface area contributed by atoms with Crippen molar-refractivity contribution in [3.8, 4) is 11.5 Å². The Morgan fingerprint density at radius 3 is 2.68 bits per heavy atom. The number of aromatic nitrogens is 2. The Balaban J connectivity index is 1.43. The summed E-state index contributed by atoms with van der Waals surface area (Å²) in [5, 5.41) is 1.23. The Morgan fingerprint density at radius 2 is 1.88 bits per heavy atom. The molecule has 4 aromatic rings. The molecule has 0 radical (unpaired) electrons. The van der Waals surface area contributed by atoms with Crippen molar-refractivity contribution in [1.82, 2.24) is 9.55 Å². The highest BCUT2D eigenvalue weighted by atomic mass is 35.5. The number of hydrogen-bond donors (Lipinski definition) is 0. The summed E-state index contributed by atoms with van der Waals surface area (Å²) in [6.45, 7) is 2.85. The summed E-state index contributed by atoms with van der Waals surface area (Å²) in [6, 6.07) is 13.8. The molecule has 210 valence electrons. The molecule has 1 atom stereocenters. The lowest BCUT2D eigenvalue weighted by Crippen LogP contribution is -2.39. The van der Waals surface area contributed by atoms with Gasteiger partial charge in [0.15, 0.2) is 21.4 Å². The average Bonchev–Trinajstić information content (AvgIpc) is 3.54. The Labute approximate surface area is 249 Å². The van der Waals surface area contributed by atoms with Crippen molar-refractivity contribution >= 4 is 51.2 Å². The summed E-state index contributed by atoms with van der Waals surface area (Å²) in [7, 11) is 3.26. The number of halogens is 1. The van der Waals surface area contributed by atoms with E-state index in [9.17, 15) is 4.79 Å². The maximum atomic E-state index is 14.2. The van der Waals surface area contributed by atoms with Crippen molar-refractivity contribution in [3.05, 3.63) is 94.4 Å². The molecule has 0 amide bonds. The molecule has 0 bridgehead atoms. The fourth-order valence-corrected chi connectivity index (χ4v) is 8.14. The van der Waals surface area contributed by atoms with Gasteiger partial charge in [0.05, 0.1) is 48.6 Å². The Morgan fingerprint density at radius 1 is 1.05 bits per heavy atom. The first-order chi connectivity index (χ1) is 20.1. The van der Waals surface area contributed by atoms with Crippen LogP contribution in [0.4, 0.5) is 5.13 Å². The van der Waals surface area contributed by atoms with Gasteiger partial charge in [0.1, 0.15) is 5.15 Å². The number of ether oxygens (including phenoxy) is 3. The monoisotopic (exact) mass is 606 g/mol. The lowest BCUT2D eigenvalue weighted by Gasteiger charge is -2.31. The normalized spacial score (nSPS) is 18.5. The van der Waals surface area contributed by atoms with Crippen molar-refractivity contribution in [3.63, 3.8) is 0 Å². The summed E-state index contributed by atoms with van der Waals surface area (Å²) in [5.74, 6) is 1.23. The molecular formula is C30H27ClN4O4S2. The van der Waals surface area contributed by atoms with Crippen molar-refractivity contribution in [2.75, 3.05) is 45.4 Å². The summed E-state index contributed by atoms with van der Waals surface area (Å²) >= 11 is 9.45.